The van der Waals surface area contributed by atoms with Gasteiger partial charge in [-0.25, -0.2) is 4.99 Å². The number of hydrogen-bond acceptors (Lipinski definition) is 5. The molecule has 1 aliphatic heterocycles. The summed E-state index contributed by atoms with van der Waals surface area (Å²) in [5.74, 6) is 1.01. The first-order valence-corrected chi connectivity index (χ1v) is 13.2. The van der Waals surface area contributed by atoms with E-state index >= 15 is 0 Å². The van der Waals surface area contributed by atoms with Crippen molar-refractivity contribution in [3.63, 3.8) is 0 Å². The number of benzene rings is 3. The van der Waals surface area contributed by atoms with Crippen molar-refractivity contribution in [2.75, 3.05) is 18.1 Å². The molecule has 0 N–H and O–H groups in total. The van der Waals surface area contributed by atoms with Crippen molar-refractivity contribution >= 4 is 63.5 Å². The van der Waals surface area contributed by atoms with Gasteiger partial charge in [0, 0.05) is 10.0 Å². The van der Waals surface area contributed by atoms with Gasteiger partial charge in [0.2, 0.25) is 0 Å². The Morgan fingerprint density at radius 1 is 0.973 bits per heavy atom. The summed E-state index contributed by atoms with van der Waals surface area (Å²) in [4.78, 5) is 20.5. The molecule has 5 nitrogen and oxygen atoms in total. The molecule has 3 aromatic carbocycles. The van der Waals surface area contributed by atoms with Gasteiger partial charge in [-0.3, -0.25) is 9.69 Å². The highest BCUT2D eigenvalue weighted by molar-refractivity contribution is 8.19. The Hall–Kier alpha value is -3.19. The fourth-order valence-electron chi connectivity index (χ4n) is 3.56. The molecule has 37 heavy (non-hydrogen) atoms. The van der Waals surface area contributed by atoms with Gasteiger partial charge in [-0.1, -0.05) is 54.1 Å². The predicted octanol–water partition coefficient (Wildman–Crippen LogP) is 8.38. The Bertz CT molecular complexity index is 1420. The second-order valence-electron chi connectivity index (χ2n) is 8.25. The molecular weight excluding hydrogens is 527 g/mol. The molecule has 1 aliphatic rings. The van der Waals surface area contributed by atoms with Crippen LogP contribution in [0.25, 0.3) is 6.08 Å². The summed E-state index contributed by atoms with van der Waals surface area (Å²) in [6, 6.07) is 16.6. The van der Waals surface area contributed by atoms with Crippen molar-refractivity contribution in [2.45, 2.75) is 20.8 Å². The fourth-order valence-corrected chi connectivity index (χ4v) is 4.91. The molecule has 4 rings (SSSR count). The minimum atomic E-state index is -0.202. The summed E-state index contributed by atoms with van der Waals surface area (Å²) in [7, 11) is 0. The predicted molar refractivity (Wildman–Crippen MR) is 156 cm³/mol. The van der Waals surface area contributed by atoms with E-state index in [0.29, 0.717) is 56.2 Å². The van der Waals surface area contributed by atoms with E-state index < -0.39 is 0 Å². The van der Waals surface area contributed by atoms with Crippen LogP contribution in [0.15, 0.2) is 77.1 Å². The van der Waals surface area contributed by atoms with Gasteiger partial charge >= 0.3 is 0 Å². The maximum Gasteiger partial charge on any atom is 0.271 e. The van der Waals surface area contributed by atoms with E-state index in [9.17, 15) is 4.79 Å². The Balaban J connectivity index is 1.76. The quantitative estimate of drug-likeness (QED) is 0.208. The van der Waals surface area contributed by atoms with Crippen LogP contribution in [0, 0.1) is 13.8 Å². The minimum absolute atomic E-state index is 0.202. The van der Waals surface area contributed by atoms with Crippen molar-refractivity contribution < 1.29 is 14.3 Å². The van der Waals surface area contributed by atoms with Crippen LogP contribution < -0.4 is 14.4 Å². The van der Waals surface area contributed by atoms with E-state index in [2.05, 4.69) is 6.58 Å². The second-order valence-corrected chi connectivity index (χ2v) is 10.1. The zero-order chi connectivity index (χ0) is 26.5. The number of halogens is 2. The third-order valence-corrected chi connectivity index (χ3v) is 7.31. The fraction of sp³-hybridized carbons (Fsp3) is 0.172. The summed E-state index contributed by atoms with van der Waals surface area (Å²) >= 11 is 14.0. The number of thioether (sulfide) groups is 1. The zero-order valence-electron chi connectivity index (χ0n) is 20.8. The molecular formula is C29H26Cl2N2O3S. The molecule has 0 bridgehead atoms. The van der Waals surface area contributed by atoms with E-state index in [1.807, 2.05) is 69.3 Å². The maximum absolute atomic E-state index is 13.7. The lowest BCUT2D eigenvalue weighted by Gasteiger charge is -2.16. The van der Waals surface area contributed by atoms with Crippen molar-refractivity contribution in [3.8, 4) is 11.5 Å². The highest BCUT2D eigenvalue weighted by Gasteiger charge is 2.35. The van der Waals surface area contributed by atoms with Gasteiger partial charge in [0.1, 0.15) is 6.61 Å². The van der Waals surface area contributed by atoms with E-state index in [1.54, 1.807) is 23.1 Å². The Kier molecular flexibility index (Phi) is 8.64. The lowest BCUT2D eigenvalue weighted by molar-refractivity contribution is -0.113. The minimum Gasteiger partial charge on any atom is -0.490 e. The topological polar surface area (TPSA) is 51.1 Å². The number of nitrogens with zero attached hydrogens (tertiary/aromatic N) is 2. The highest BCUT2D eigenvalue weighted by Crippen LogP contribution is 2.39. The molecule has 1 amide bonds. The van der Waals surface area contributed by atoms with Gasteiger partial charge in [-0.15, -0.1) is 0 Å². The first-order chi connectivity index (χ1) is 17.8. The molecule has 1 fully saturated rings. The normalized spacial score (nSPS) is 15.5. The Morgan fingerprint density at radius 2 is 1.70 bits per heavy atom. The van der Waals surface area contributed by atoms with Crippen LogP contribution >= 0.6 is 35.0 Å². The van der Waals surface area contributed by atoms with Crippen LogP contribution in [-0.2, 0) is 4.79 Å². The summed E-state index contributed by atoms with van der Waals surface area (Å²) in [5, 5.41) is 1.69. The van der Waals surface area contributed by atoms with Gasteiger partial charge in [-0.05, 0) is 91.7 Å². The van der Waals surface area contributed by atoms with Crippen LogP contribution in [0.1, 0.15) is 23.6 Å². The van der Waals surface area contributed by atoms with Gasteiger partial charge in [0.25, 0.3) is 5.91 Å². The number of amidine groups is 1. The van der Waals surface area contributed by atoms with E-state index in [0.717, 1.165) is 16.7 Å². The molecule has 0 radical (unpaired) electrons. The number of rotatable bonds is 8. The molecule has 3 aromatic rings. The zero-order valence-corrected chi connectivity index (χ0v) is 23.1. The average molecular weight is 554 g/mol. The van der Waals surface area contributed by atoms with Crippen molar-refractivity contribution in [1.29, 1.82) is 0 Å². The first kappa shape index (κ1) is 26.9. The van der Waals surface area contributed by atoms with Gasteiger partial charge in [-0.2, -0.15) is 0 Å². The molecule has 0 atom stereocenters. The number of aryl methyl sites for hydroxylation is 2. The van der Waals surface area contributed by atoms with Crippen LogP contribution in [0.4, 0.5) is 11.4 Å². The summed E-state index contributed by atoms with van der Waals surface area (Å²) in [5.41, 5.74) is 3.96. The third-order valence-electron chi connectivity index (χ3n) is 5.52. The molecule has 0 unspecified atom stereocenters. The highest BCUT2D eigenvalue weighted by atomic mass is 35.5. The summed E-state index contributed by atoms with van der Waals surface area (Å²) in [6.45, 7) is 10.3. The van der Waals surface area contributed by atoms with Crippen molar-refractivity contribution in [3.05, 3.63) is 98.9 Å². The number of anilines is 1. The Morgan fingerprint density at radius 3 is 2.38 bits per heavy atom. The Labute approximate surface area is 231 Å². The molecule has 190 valence electrons. The van der Waals surface area contributed by atoms with Crippen molar-refractivity contribution in [2.24, 2.45) is 4.99 Å². The standard InChI is InChI=1S/C29H26Cl2N2O3S/c1-5-13-36-25-12-9-20(14-26(25)35-6-2)15-27-28(34)33(22-11-8-19(4)24(31)17-22)29(37-27)32-21-10-7-18(3)23(30)16-21/h5,7-12,14-17H,1,6,13H2,2-4H3/b27-15+,32-29?. The average Bonchev–Trinajstić information content (AvgIpc) is 3.17. The number of hydrogen-bond donors (Lipinski definition) is 0. The molecule has 0 saturated carbocycles. The van der Waals surface area contributed by atoms with Gasteiger partial charge < -0.3 is 9.47 Å². The van der Waals surface area contributed by atoms with Crippen LogP contribution in [0.5, 0.6) is 11.5 Å². The number of carbonyl (C=O) groups is 1. The van der Waals surface area contributed by atoms with Crippen molar-refractivity contribution in [1.82, 2.24) is 0 Å². The first-order valence-electron chi connectivity index (χ1n) is 11.7. The molecule has 0 aliphatic carbocycles. The number of carbonyl (C=O) groups excluding carboxylic acids is 1. The molecule has 8 heteroatoms. The lowest BCUT2D eigenvalue weighted by Crippen LogP contribution is -2.28. The smallest absolute Gasteiger partial charge is 0.271 e. The number of ether oxygens (including phenoxy) is 2. The van der Waals surface area contributed by atoms with E-state index in [-0.39, 0.29) is 5.91 Å². The second kappa shape index (κ2) is 11.9. The van der Waals surface area contributed by atoms with E-state index in [1.165, 1.54) is 11.8 Å². The number of aliphatic imine (C=N–C) groups is 1. The van der Waals surface area contributed by atoms with Crippen LogP contribution in [0.3, 0.4) is 0 Å². The molecule has 1 saturated heterocycles. The van der Waals surface area contributed by atoms with E-state index in [4.69, 9.17) is 37.7 Å². The summed E-state index contributed by atoms with van der Waals surface area (Å²) in [6.07, 6.45) is 3.49. The lowest BCUT2D eigenvalue weighted by atomic mass is 10.1. The van der Waals surface area contributed by atoms with Gasteiger partial charge in [0.15, 0.2) is 16.7 Å². The summed E-state index contributed by atoms with van der Waals surface area (Å²) < 4.78 is 11.5. The van der Waals surface area contributed by atoms with Crippen LogP contribution in [-0.4, -0.2) is 24.3 Å². The molecule has 1 heterocycles. The SMILES string of the molecule is C=CCOc1ccc(/C=C2/SC(=Nc3ccc(C)c(Cl)c3)N(c3ccc(C)c(Cl)c3)C2=O)cc1OCC. The largest absolute Gasteiger partial charge is 0.490 e. The van der Waals surface area contributed by atoms with Gasteiger partial charge in [0.05, 0.1) is 22.9 Å². The third kappa shape index (κ3) is 6.21. The molecule has 0 spiro atoms. The molecule has 0 aromatic heterocycles. The number of amides is 1. The maximum atomic E-state index is 13.7. The van der Waals surface area contributed by atoms with Crippen LogP contribution in [0.2, 0.25) is 10.0 Å². The monoisotopic (exact) mass is 552 g/mol.